The molecule has 3 aromatic rings. The Morgan fingerprint density at radius 1 is 1.19 bits per heavy atom. The van der Waals surface area contributed by atoms with Crippen LogP contribution < -0.4 is 14.4 Å². The fourth-order valence-electron chi connectivity index (χ4n) is 2.92. The van der Waals surface area contributed by atoms with E-state index in [1.165, 1.54) is 0 Å². The Morgan fingerprint density at radius 3 is 2.78 bits per heavy atom. The average molecular weight is 401 g/mol. The number of carbonyl (C=O) groups excluding carboxylic acids is 1. The minimum absolute atomic E-state index is 0.0213. The molecule has 0 bridgehead atoms. The Bertz CT molecular complexity index is 921. The van der Waals surface area contributed by atoms with E-state index in [2.05, 4.69) is 11.9 Å². The first kappa shape index (κ1) is 18.0. The second-order valence-electron chi connectivity index (χ2n) is 6.15. The van der Waals surface area contributed by atoms with E-state index in [1.807, 2.05) is 41.1 Å². The van der Waals surface area contributed by atoms with E-state index >= 15 is 0 Å². The third kappa shape index (κ3) is 4.14. The van der Waals surface area contributed by atoms with Crippen LogP contribution in [0.5, 0.6) is 11.5 Å². The van der Waals surface area contributed by atoms with E-state index in [1.54, 1.807) is 27.6 Å². The Hall–Kier alpha value is -2.38. The highest BCUT2D eigenvalue weighted by Crippen LogP contribution is 2.35. The van der Waals surface area contributed by atoms with Gasteiger partial charge in [-0.2, -0.15) is 0 Å². The van der Waals surface area contributed by atoms with Gasteiger partial charge in [-0.3, -0.25) is 4.79 Å². The van der Waals surface area contributed by atoms with Gasteiger partial charge in [0.2, 0.25) is 5.91 Å². The first-order valence-corrected chi connectivity index (χ1v) is 10.6. The van der Waals surface area contributed by atoms with Crippen LogP contribution in [0.25, 0.3) is 0 Å². The fraction of sp³-hybridized carbons (Fsp3) is 0.300. The zero-order chi connectivity index (χ0) is 18.6. The van der Waals surface area contributed by atoms with Gasteiger partial charge in [-0.1, -0.05) is 13.0 Å². The molecular weight excluding hydrogens is 380 g/mol. The number of amides is 1. The van der Waals surface area contributed by atoms with Gasteiger partial charge in [0.1, 0.15) is 13.2 Å². The lowest BCUT2D eigenvalue weighted by molar-refractivity contribution is -0.118. The van der Waals surface area contributed by atoms with E-state index in [-0.39, 0.29) is 12.3 Å². The largest absolute Gasteiger partial charge is 0.486 e. The third-order valence-corrected chi connectivity index (χ3v) is 6.17. The van der Waals surface area contributed by atoms with Crippen LogP contribution in [-0.4, -0.2) is 24.1 Å². The number of aryl methyl sites for hydroxylation is 1. The van der Waals surface area contributed by atoms with Crippen molar-refractivity contribution in [3.63, 3.8) is 0 Å². The molecule has 1 aliphatic rings. The third-order valence-electron chi connectivity index (χ3n) is 4.27. The SMILES string of the molecule is CCc1nc(CC(=O)N(Cc2cccs2)c2ccc3c(c2)OCCO3)cs1. The molecule has 0 unspecified atom stereocenters. The molecule has 2 aromatic heterocycles. The van der Waals surface area contributed by atoms with Crippen molar-refractivity contribution < 1.29 is 14.3 Å². The van der Waals surface area contributed by atoms with Crippen LogP contribution in [0.3, 0.4) is 0 Å². The summed E-state index contributed by atoms with van der Waals surface area (Å²) in [5.41, 5.74) is 1.64. The van der Waals surface area contributed by atoms with Crippen LogP contribution in [0.1, 0.15) is 22.5 Å². The number of rotatable bonds is 6. The molecule has 3 heterocycles. The number of nitrogens with zero attached hydrogens (tertiary/aromatic N) is 2. The van der Waals surface area contributed by atoms with Crippen molar-refractivity contribution in [1.82, 2.24) is 4.98 Å². The molecule has 4 rings (SSSR count). The Labute approximate surface area is 166 Å². The van der Waals surface area contributed by atoms with Gasteiger partial charge in [-0.05, 0) is 30.0 Å². The number of anilines is 1. The summed E-state index contributed by atoms with van der Waals surface area (Å²) in [6.07, 6.45) is 1.18. The number of hydrogen-bond acceptors (Lipinski definition) is 6. The molecule has 140 valence electrons. The van der Waals surface area contributed by atoms with Crippen molar-refractivity contribution in [3.8, 4) is 11.5 Å². The number of benzene rings is 1. The molecule has 0 saturated heterocycles. The van der Waals surface area contributed by atoms with Crippen LogP contribution in [-0.2, 0) is 24.2 Å². The molecule has 5 nitrogen and oxygen atoms in total. The van der Waals surface area contributed by atoms with Gasteiger partial charge in [0.15, 0.2) is 11.5 Å². The molecule has 1 aliphatic heterocycles. The standard InChI is InChI=1S/C20H20N2O3S2/c1-2-19-21-14(13-27-19)10-20(23)22(12-16-4-3-9-26-16)15-5-6-17-18(11-15)25-8-7-24-17/h3-6,9,11,13H,2,7-8,10,12H2,1H3. The topological polar surface area (TPSA) is 51.7 Å². The van der Waals surface area contributed by atoms with Gasteiger partial charge >= 0.3 is 0 Å². The zero-order valence-corrected chi connectivity index (χ0v) is 16.6. The summed E-state index contributed by atoms with van der Waals surface area (Å²) < 4.78 is 11.3. The van der Waals surface area contributed by atoms with E-state index < -0.39 is 0 Å². The summed E-state index contributed by atoms with van der Waals surface area (Å²) in [7, 11) is 0. The first-order chi connectivity index (χ1) is 13.2. The molecule has 0 N–H and O–H groups in total. The molecule has 0 fully saturated rings. The fourth-order valence-corrected chi connectivity index (χ4v) is 4.36. The van der Waals surface area contributed by atoms with Crippen molar-refractivity contribution in [3.05, 3.63) is 56.7 Å². The molecule has 0 radical (unpaired) electrons. The van der Waals surface area contributed by atoms with Gasteiger partial charge in [0, 0.05) is 22.0 Å². The van der Waals surface area contributed by atoms with Crippen molar-refractivity contribution in [2.24, 2.45) is 0 Å². The summed E-state index contributed by atoms with van der Waals surface area (Å²) in [5, 5.41) is 5.06. The first-order valence-electron chi connectivity index (χ1n) is 8.88. The maximum absolute atomic E-state index is 13.1. The Morgan fingerprint density at radius 2 is 2.04 bits per heavy atom. The Kier molecular flexibility index (Phi) is 5.40. The predicted octanol–water partition coefficient (Wildman–Crippen LogP) is 4.31. The van der Waals surface area contributed by atoms with Crippen molar-refractivity contribution in [1.29, 1.82) is 0 Å². The van der Waals surface area contributed by atoms with Gasteiger partial charge in [-0.15, -0.1) is 22.7 Å². The maximum atomic E-state index is 13.1. The second kappa shape index (κ2) is 8.10. The highest BCUT2D eigenvalue weighted by Gasteiger charge is 2.21. The summed E-state index contributed by atoms with van der Waals surface area (Å²) in [4.78, 5) is 20.6. The van der Waals surface area contributed by atoms with Gasteiger partial charge in [0.05, 0.1) is 23.7 Å². The number of carbonyl (C=O) groups is 1. The van der Waals surface area contributed by atoms with Crippen molar-refractivity contribution >= 4 is 34.3 Å². The van der Waals surface area contributed by atoms with E-state index in [0.717, 1.165) is 33.4 Å². The zero-order valence-electron chi connectivity index (χ0n) is 15.0. The van der Waals surface area contributed by atoms with Crippen LogP contribution in [0.2, 0.25) is 0 Å². The second-order valence-corrected chi connectivity index (χ2v) is 8.13. The number of thiophene rings is 1. The molecule has 27 heavy (non-hydrogen) atoms. The van der Waals surface area contributed by atoms with Crippen molar-refractivity contribution in [2.75, 3.05) is 18.1 Å². The number of thiazole rings is 1. The normalized spacial score (nSPS) is 12.8. The van der Waals surface area contributed by atoms with E-state index in [0.29, 0.717) is 25.5 Å². The summed E-state index contributed by atoms with van der Waals surface area (Å²) in [5.74, 6) is 1.43. The molecule has 0 atom stereocenters. The number of hydrogen-bond donors (Lipinski definition) is 0. The van der Waals surface area contributed by atoms with E-state index in [9.17, 15) is 4.79 Å². The van der Waals surface area contributed by atoms with Gasteiger partial charge in [0.25, 0.3) is 0 Å². The number of ether oxygens (including phenoxy) is 2. The molecule has 7 heteroatoms. The molecular formula is C20H20N2O3S2. The highest BCUT2D eigenvalue weighted by atomic mass is 32.1. The van der Waals surface area contributed by atoms with Crippen LogP contribution in [0.4, 0.5) is 5.69 Å². The minimum Gasteiger partial charge on any atom is -0.486 e. The summed E-state index contributed by atoms with van der Waals surface area (Å²) >= 11 is 3.25. The van der Waals surface area contributed by atoms with Gasteiger partial charge in [-0.25, -0.2) is 4.98 Å². The van der Waals surface area contributed by atoms with Crippen molar-refractivity contribution in [2.45, 2.75) is 26.3 Å². The molecule has 0 saturated carbocycles. The monoisotopic (exact) mass is 400 g/mol. The molecule has 1 amide bonds. The predicted molar refractivity (Wildman–Crippen MR) is 108 cm³/mol. The minimum atomic E-state index is 0.0213. The molecule has 0 spiro atoms. The van der Waals surface area contributed by atoms with Crippen LogP contribution in [0.15, 0.2) is 41.1 Å². The molecule has 1 aromatic carbocycles. The number of aromatic nitrogens is 1. The van der Waals surface area contributed by atoms with Crippen LogP contribution >= 0.6 is 22.7 Å². The lowest BCUT2D eigenvalue weighted by Gasteiger charge is -2.25. The van der Waals surface area contributed by atoms with Crippen LogP contribution in [0, 0.1) is 0 Å². The summed E-state index contributed by atoms with van der Waals surface area (Å²) in [6, 6.07) is 9.72. The summed E-state index contributed by atoms with van der Waals surface area (Å²) in [6.45, 7) is 3.67. The smallest absolute Gasteiger partial charge is 0.233 e. The highest BCUT2D eigenvalue weighted by molar-refractivity contribution is 7.10. The number of fused-ring (bicyclic) bond motifs is 1. The lowest BCUT2D eigenvalue weighted by atomic mass is 10.2. The van der Waals surface area contributed by atoms with E-state index in [4.69, 9.17) is 9.47 Å². The lowest BCUT2D eigenvalue weighted by Crippen LogP contribution is -2.31. The average Bonchev–Trinajstić information content (AvgIpc) is 3.37. The molecule has 0 aliphatic carbocycles. The Balaban J connectivity index is 1.61. The van der Waals surface area contributed by atoms with Gasteiger partial charge < -0.3 is 14.4 Å². The quantitative estimate of drug-likeness (QED) is 0.619. The maximum Gasteiger partial charge on any atom is 0.233 e.